The van der Waals surface area contributed by atoms with Gasteiger partial charge in [-0.25, -0.2) is 0 Å². The summed E-state index contributed by atoms with van der Waals surface area (Å²) < 4.78 is 0. The third kappa shape index (κ3) is 8.75. The lowest BCUT2D eigenvalue weighted by Crippen LogP contribution is -2.20. The number of hydrogen-bond donors (Lipinski definition) is 1. The van der Waals surface area contributed by atoms with Crippen LogP contribution in [0.25, 0.3) is 0 Å². The Morgan fingerprint density at radius 2 is 1.50 bits per heavy atom. The maximum atomic E-state index is 5.76. The molecule has 1 unspecified atom stereocenters. The molecule has 0 rings (SSSR count). The molecule has 1 atom stereocenters. The number of nitrogens with zero attached hydrogens (tertiary/aromatic N) is 1. The van der Waals surface area contributed by atoms with Crippen molar-refractivity contribution < 1.29 is 0 Å². The van der Waals surface area contributed by atoms with Crippen LogP contribution in [0.1, 0.15) is 71.6 Å². The quantitative estimate of drug-likeness (QED) is 0.339. The van der Waals surface area contributed by atoms with E-state index in [0.29, 0.717) is 5.92 Å². The first-order valence-electron chi connectivity index (χ1n) is 6.94. The van der Waals surface area contributed by atoms with Crippen LogP contribution in [0.15, 0.2) is 4.99 Å². The first-order valence-corrected chi connectivity index (χ1v) is 6.94. The summed E-state index contributed by atoms with van der Waals surface area (Å²) in [5.74, 6) is 1.27. The minimum Gasteiger partial charge on any atom is -0.387 e. The molecule has 0 amide bonds. The fourth-order valence-corrected chi connectivity index (χ4v) is 1.95. The van der Waals surface area contributed by atoms with Gasteiger partial charge in [-0.3, -0.25) is 4.99 Å². The second kappa shape index (κ2) is 11.0. The van der Waals surface area contributed by atoms with E-state index in [4.69, 9.17) is 5.73 Å². The fraction of sp³-hybridized carbons (Fsp3) is 0.929. The van der Waals surface area contributed by atoms with Gasteiger partial charge in [-0.05, 0) is 6.42 Å². The molecule has 2 nitrogen and oxygen atoms in total. The zero-order valence-corrected chi connectivity index (χ0v) is 11.5. The molecule has 2 N–H and O–H groups in total. The molecule has 0 spiro atoms. The van der Waals surface area contributed by atoms with E-state index in [1.54, 1.807) is 7.05 Å². The molecule has 0 saturated carbocycles. The Morgan fingerprint density at radius 1 is 1.00 bits per heavy atom. The maximum Gasteiger partial charge on any atom is 0.0962 e. The summed E-state index contributed by atoms with van der Waals surface area (Å²) in [6.07, 6.45) is 12.2. The van der Waals surface area contributed by atoms with Crippen LogP contribution >= 0.6 is 0 Å². The van der Waals surface area contributed by atoms with Crippen LogP contribution in [0, 0.1) is 5.92 Å². The molecular formula is C14H30N2. The molecule has 0 aromatic rings. The third-order valence-corrected chi connectivity index (χ3v) is 3.25. The average molecular weight is 226 g/mol. The van der Waals surface area contributed by atoms with Gasteiger partial charge in [0.15, 0.2) is 0 Å². The summed E-state index contributed by atoms with van der Waals surface area (Å²) in [7, 11) is 1.78. The Bertz CT molecular complexity index is 176. The zero-order valence-electron chi connectivity index (χ0n) is 11.5. The van der Waals surface area contributed by atoms with Crippen molar-refractivity contribution in [2.45, 2.75) is 71.6 Å². The highest BCUT2D eigenvalue weighted by Gasteiger charge is 2.04. The van der Waals surface area contributed by atoms with E-state index in [9.17, 15) is 0 Å². The lowest BCUT2D eigenvalue weighted by molar-refractivity contribution is 0.541. The molecule has 0 heterocycles. The van der Waals surface area contributed by atoms with Gasteiger partial charge >= 0.3 is 0 Å². The van der Waals surface area contributed by atoms with Crippen LogP contribution in [0.2, 0.25) is 0 Å². The number of amidine groups is 1. The van der Waals surface area contributed by atoms with Gasteiger partial charge in [-0.1, -0.05) is 65.2 Å². The summed E-state index contributed by atoms with van der Waals surface area (Å²) in [5, 5.41) is 0. The van der Waals surface area contributed by atoms with E-state index in [-0.39, 0.29) is 0 Å². The minimum absolute atomic E-state index is 0.463. The summed E-state index contributed by atoms with van der Waals surface area (Å²) in [4.78, 5) is 4.03. The van der Waals surface area contributed by atoms with Gasteiger partial charge in [0.25, 0.3) is 0 Å². The van der Waals surface area contributed by atoms with E-state index in [1.165, 1.54) is 57.8 Å². The maximum absolute atomic E-state index is 5.76. The highest BCUT2D eigenvalue weighted by atomic mass is 14.8. The minimum atomic E-state index is 0.463. The Balaban J connectivity index is 3.21. The molecule has 0 fully saturated rings. The SMILES string of the molecule is CCCCCCCCCCC(C)C(N)=NC. The van der Waals surface area contributed by atoms with Crippen molar-refractivity contribution in [2.75, 3.05) is 7.05 Å². The lowest BCUT2D eigenvalue weighted by Gasteiger charge is -2.09. The summed E-state index contributed by atoms with van der Waals surface area (Å²) in [6.45, 7) is 4.44. The molecule has 96 valence electrons. The Labute approximate surface area is 102 Å². The van der Waals surface area contributed by atoms with Gasteiger partial charge in [0, 0.05) is 13.0 Å². The summed E-state index contributed by atoms with van der Waals surface area (Å²) in [5.41, 5.74) is 5.76. The fourth-order valence-electron chi connectivity index (χ4n) is 1.95. The highest BCUT2D eigenvalue weighted by molar-refractivity contribution is 5.82. The largest absolute Gasteiger partial charge is 0.387 e. The van der Waals surface area contributed by atoms with E-state index in [0.717, 1.165) is 5.84 Å². The first kappa shape index (κ1) is 15.5. The van der Waals surface area contributed by atoms with Gasteiger partial charge < -0.3 is 5.73 Å². The molecular weight excluding hydrogens is 196 g/mol. The molecule has 0 aliphatic carbocycles. The zero-order chi connectivity index (χ0) is 12.2. The van der Waals surface area contributed by atoms with Crippen molar-refractivity contribution in [3.05, 3.63) is 0 Å². The molecule has 16 heavy (non-hydrogen) atoms. The molecule has 0 aromatic carbocycles. The smallest absolute Gasteiger partial charge is 0.0962 e. The van der Waals surface area contributed by atoms with Gasteiger partial charge in [-0.15, -0.1) is 0 Å². The Kier molecular flexibility index (Phi) is 10.6. The van der Waals surface area contributed by atoms with E-state index >= 15 is 0 Å². The van der Waals surface area contributed by atoms with Crippen molar-refractivity contribution in [2.24, 2.45) is 16.6 Å². The number of rotatable bonds is 10. The standard InChI is InChI=1S/C14H30N2/c1-4-5-6-7-8-9-10-11-12-13(2)14(15)16-3/h13H,4-12H2,1-3H3,(H2,15,16). The Morgan fingerprint density at radius 3 is 2.00 bits per heavy atom. The monoisotopic (exact) mass is 226 g/mol. The lowest BCUT2D eigenvalue weighted by atomic mass is 10.0. The topological polar surface area (TPSA) is 38.4 Å². The highest BCUT2D eigenvalue weighted by Crippen LogP contribution is 2.13. The van der Waals surface area contributed by atoms with Crippen LogP contribution in [-0.2, 0) is 0 Å². The van der Waals surface area contributed by atoms with Crippen molar-refractivity contribution in [3.8, 4) is 0 Å². The number of unbranched alkanes of at least 4 members (excludes halogenated alkanes) is 7. The van der Waals surface area contributed by atoms with Crippen molar-refractivity contribution in [1.29, 1.82) is 0 Å². The summed E-state index contributed by atoms with van der Waals surface area (Å²) >= 11 is 0. The molecule has 2 heteroatoms. The number of hydrogen-bond acceptors (Lipinski definition) is 1. The van der Waals surface area contributed by atoms with Crippen molar-refractivity contribution >= 4 is 5.84 Å². The first-order chi connectivity index (χ1) is 7.72. The second-order valence-electron chi connectivity index (χ2n) is 4.81. The van der Waals surface area contributed by atoms with Gasteiger partial charge in [-0.2, -0.15) is 0 Å². The van der Waals surface area contributed by atoms with Crippen molar-refractivity contribution in [1.82, 2.24) is 0 Å². The number of aliphatic imine (C=N–C) groups is 1. The number of nitrogens with two attached hydrogens (primary N) is 1. The average Bonchev–Trinajstić information content (AvgIpc) is 2.31. The van der Waals surface area contributed by atoms with Gasteiger partial charge in [0.1, 0.15) is 0 Å². The Hall–Kier alpha value is -0.530. The van der Waals surface area contributed by atoms with Crippen LogP contribution in [0.3, 0.4) is 0 Å². The molecule has 0 aliphatic rings. The predicted molar refractivity (Wildman–Crippen MR) is 73.9 cm³/mol. The molecule has 0 aromatic heterocycles. The molecule has 0 bridgehead atoms. The van der Waals surface area contributed by atoms with E-state index < -0.39 is 0 Å². The van der Waals surface area contributed by atoms with E-state index in [1.807, 2.05) is 0 Å². The van der Waals surface area contributed by atoms with E-state index in [2.05, 4.69) is 18.8 Å². The summed E-state index contributed by atoms with van der Waals surface area (Å²) in [6, 6.07) is 0. The predicted octanol–water partition coefficient (Wildman–Crippen LogP) is 4.14. The van der Waals surface area contributed by atoms with Crippen LogP contribution in [0.5, 0.6) is 0 Å². The molecule has 0 saturated heterocycles. The van der Waals surface area contributed by atoms with Crippen molar-refractivity contribution in [3.63, 3.8) is 0 Å². The molecule has 0 aliphatic heterocycles. The third-order valence-electron chi connectivity index (χ3n) is 3.25. The van der Waals surface area contributed by atoms with Gasteiger partial charge in [0.2, 0.25) is 0 Å². The van der Waals surface area contributed by atoms with Gasteiger partial charge in [0.05, 0.1) is 5.84 Å². The van der Waals surface area contributed by atoms with Crippen LogP contribution in [-0.4, -0.2) is 12.9 Å². The normalized spacial score (nSPS) is 14.1. The van der Waals surface area contributed by atoms with Crippen LogP contribution in [0.4, 0.5) is 0 Å². The van der Waals surface area contributed by atoms with Crippen LogP contribution < -0.4 is 5.73 Å². The molecule has 0 radical (unpaired) electrons. The second-order valence-corrected chi connectivity index (χ2v) is 4.81.